The average molecular weight is 488 g/mol. The van der Waals surface area contributed by atoms with Crippen LogP contribution in [0.25, 0.3) is 11.3 Å². The smallest absolute Gasteiger partial charge is 0.256 e. The van der Waals surface area contributed by atoms with Crippen LogP contribution in [0.5, 0.6) is 0 Å². The van der Waals surface area contributed by atoms with Crippen molar-refractivity contribution >= 4 is 55.8 Å². The van der Waals surface area contributed by atoms with Gasteiger partial charge in [0.2, 0.25) is 5.91 Å². The Balaban J connectivity index is 1.54. The van der Waals surface area contributed by atoms with Crippen LogP contribution in [-0.2, 0) is 4.79 Å². The standard InChI is InChI=1S/C21H18BrN3O2S2/c22-15-8-4-7-14(11-15)19(27)25-20-18(13-5-2-1-3-6-13)24-21(29-20)28-12-17(26)23-16-9-10-16/h1-8,11,16H,9-10,12H2,(H,23,26)(H,25,27). The lowest BCUT2D eigenvalue weighted by atomic mass is 10.1. The number of benzene rings is 2. The molecule has 0 aliphatic heterocycles. The van der Waals surface area contributed by atoms with E-state index in [2.05, 4.69) is 31.5 Å². The lowest BCUT2D eigenvalue weighted by Gasteiger charge is -2.05. The van der Waals surface area contributed by atoms with E-state index in [9.17, 15) is 9.59 Å². The average Bonchev–Trinajstić information content (AvgIpc) is 3.45. The summed E-state index contributed by atoms with van der Waals surface area (Å²) in [4.78, 5) is 29.4. The number of rotatable bonds is 7. The van der Waals surface area contributed by atoms with E-state index in [1.807, 2.05) is 42.5 Å². The Bertz CT molecular complexity index is 1040. The fourth-order valence-electron chi connectivity index (χ4n) is 2.67. The molecular weight excluding hydrogens is 470 g/mol. The highest BCUT2D eigenvalue weighted by Crippen LogP contribution is 2.38. The summed E-state index contributed by atoms with van der Waals surface area (Å²) in [6.45, 7) is 0. The van der Waals surface area contributed by atoms with Crippen LogP contribution in [0.3, 0.4) is 0 Å². The summed E-state index contributed by atoms with van der Waals surface area (Å²) in [5.41, 5.74) is 2.19. The third kappa shape index (κ3) is 5.46. The molecule has 1 aliphatic rings. The molecule has 2 N–H and O–H groups in total. The van der Waals surface area contributed by atoms with Crippen LogP contribution < -0.4 is 10.6 Å². The second-order valence-corrected chi connectivity index (χ2v) is 9.76. The number of thiazole rings is 1. The minimum atomic E-state index is -0.199. The van der Waals surface area contributed by atoms with Crippen molar-refractivity contribution in [3.8, 4) is 11.3 Å². The normalized spacial score (nSPS) is 13.1. The number of hydrogen-bond acceptors (Lipinski definition) is 5. The largest absolute Gasteiger partial charge is 0.353 e. The summed E-state index contributed by atoms with van der Waals surface area (Å²) >= 11 is 6.17. The maximum atomic E-state index is 12.7. The van der Waals surface area contributed by atoms with Gasteiger partial charge in [-0.05, 0) is 31.0 Å². The molecule has 0 saturated heterocycles. The molecule has 4 rings (SSSR count). The quantitative estimate of drug-likeness (QED) is 0.449. The van der Waals surface area contributed by atoms with Crippen LogP contribution in [0.2, 0.25) is 0 Å². The molecule has 1 aliphatic carbocycles. The Morgan fingerprint density at radius 3 is 2.66 bits per heavy atom. The molecule has 1 fully saturated rings. The third-order valence-corrected chi connectivity index (χ3v) is 6.84. The van der Waals surface area contributed by atoms with Gasteiger partial charge in [-0.1, -0.05) is 75.4 Å². The molecular formula is C21H18BrN3O2S2. The molecule has 0 spiro atoms. The van der Waals surface area contributed by atoms with Gasteiger partial charge >= 0.3 is 0 Å². The molecule has 0 bridgehead atoms. The van der Waals surface area contributed by atoms with Gasteiger partial charge in [-0.2, -0.15) is 0 Å². The monoisotopic (exact) mass is 487 g/mol. The van der Waals surface area contributed by atoms with E-state index in [4.69, 9.17) is 0 Å². The third-order valence-electron chi connectivity index (χ3n) is 4.24. The molecule has 5 nitrogen and oxygen atoms in total. The zero-order chi connectivity index (χ0) is 20.2. The molecule has 148 valence electrons. The molecule has 1 saturated carbocycles. The number of hydrogen-bond donors (Lipinski definition) is 2. The summed E-state index contributed by atoms with van der Waals surface area (Å²) < 4.78 is 1.59. The first-order valence-electron chi connectivity index (χ1n) is 9.14. The van der Waals surface area contributed by atoms with Gasteiger partial charge in [0.05, 0.1) is 5.75 Å². The minimum absolute atomic E-state index is 0.0219. The number of nitrogens with zero attached hydrogens (tertiary/aromatic N) is 1. The van der Waals surface area contributed by atoms with E-state index < -0.39 is 0 Å². The van der Waals surface area contributed by atoms with Crippen molar-refractivity contribution in [2.45, 2.75) is 23.2 Å². The summed E-state index contributed by atoms with van der Waals surface area (Å²) in [6.07, 6.45) is 2.13. The summed E-state index contributed by atoms with van der Waals surface area (Å²) in [7, 11) is 0. The van der Waals surface area contributed by atoms with Crippen molar-refractivity contribution in [3.05, 3.63) is 64.6 Å². The summed E-state index contributed by atoms with van der Waals surface area (Å²) in [6, 6.07) is 17.3. The molecule has 2 aromatic carbocycles. The van der Waals surface area contributed by atoms with Crippen molar-refractivity contribution in [1.82, 2.24) is 10.3 Å². The molecule has 0 atom stereocenters. The number of anilines is 1. The fraction of sp³-hybridized carbons (Fsp3) is 0.190. The van der Waals surface area contributed by atoms with Crippen LogP contribution in [0.15, 0.2) is 63.4 Å². The van der Waals surface area contributed by atoms with E-state index in [-0.39, 0.29) is 11.8 Å². The first-order chi connectivity index (χ1) is 14.1. The van der Waals surface area contributed by atoms with E-state index in [1.165, 1.54) is 23.1 Å². The predicted octanol–water partition coefficient (Wildman–Crippen LogP) is 5.20. The highest BCUT2D eigenvalue weighted by Gasteiger charge is 2.23. The fourth-order valence-corrected chi connectivity index (χ4v) is 4.94. The Morgan fingerprint density at radius 2 is 1.93 bits per heavy atom. The number of nitrogens with one attached hydrogen (secondary N) is 2. The number of thioether (sulfide) groups is 1. The van der Waals surface area contributed by atoms with Crippen LogP contribution in [-0.4, -0.2) is 28.6 Å². The molecule has 0 unspecified atom stereocenters. The SMILES string of the molecule is O=C(CSc1nc(-c2ccccc2)c(NC(=O)c2cccc(Br)c2)s1)NC1CC1. The van der Waals surface area contributed by atoms with Gasteiger partial charge in [0, 0.05) is 21.6 Å². The van der Waals surface area contributed by atoms with E-state index in [1.54, 1.807) is 12.1 Å². The maximum Gasteiger partial charge on any atom is 0.256 e. The second kappa shape index (κ2) is 9.11. The topological polar surface area (TPSA) is 71.1 Å². The Labute approximate surface area is 185 Å². The number of carbonyl (C=O) groups excluding carboxylic acids is 2. The van der Waals surface area contributed by atoms with Gasteiger partial charge in [-0.3, -0.25) is 9.59 Å². The highest BCUT2D eigenvalue weighted by molar-refractivity contribution is 9.10. The van der Waals surface area contributed by atoms with Gasteiger partial charge in [-0.15, -0.1) is 0 Å². The van der Waals surface area contributed by atoms with Crippen molar-refractivity contribution in [3.63, 3.8) is 0 Å². The van der Waals surface area contributed by atoms with Crippen molar-refractivity contribution in [1.29, 1.82) is 0 Å². The molecule has 3 aromatic rings. The molecule has 2 amide bonds. The summed E-state index contributed by atoms with van der Waals surface area (Å²) in [5.74, 6) is 0.140. The second-order valence-electron chi connectivity index (χ2n) is 6.62. The lowest BCUT2D eigenvalue weighted by molar-refractivity contribution is -0.118. The van der Waals surface area contributed by atoms with Crippen molar-refractivity contribution in [2.24, 2.45) is 0 Å². The lowest BCUT2D eigenvalue weighted by Crippen LogP contribution is -2.26. The van der Waals surface area contributed by atoms with Gasteiger partial charge in [0.1, 0.15) is 10.7 Å². The first kappa shape index (κ1) is 20.1. The minimum Gasteiger partial charge on any atom is -0.353 e. The number of halogens is 1. The van der Waals surface area contributed by atoms with Crippen LogP contribution in [0.4, 0.5) is 5.00 Å². The number of carbonyl (C=O) groups is 2. The van der Waals surface area contributed by atoms with E-state index in [0.29, 0.717) is 28.1 Å². The van der Waals surface area contributed by atoms with Gasteiger partial charge in [0.25, 0.3) is 5.91 Å². The number of aromatic nitrogens is 1. The molecule has 1 heterocycles. The highest BCUT2D eigenvalue weighted by atomic mass is 79.9. The zero-order valence-electron chi connectivity index (χ0n) is 15.4. The Kier molecular flexibility index (Phi) is 6.32. The van der Waals surface area contributed by atoms with E-state index in [0.717, 1.165) is 27.2 Å². The van der Waals surface area contributed by atoms with Gasteiger partial charge in [0.15, 0.2) is 4.34 Å². The van der Waals surface area contributed by atoms with Crippen molar-refractivity contribution < 1.29 is 9.59 Å². The van der Waals surface area contributed by atoms with Crippen molar-refractivity contribution in [2.75, 3.05) is 11.1 Å². The van der Waals surface area contributed by atoms with Crippen LogP contribution in [0, 0.1) is 0 Å². The number of amides is 2. The zero-order valence-corrected chi connectivity index (χ0v) is 18.6. The predicted molar refractivity (Wildman–Crippen MR) is 122 cm³/mol. The van der Waals surface area contributed by atoms with Gasteiger partial charge in [-0.25, -0.2) is 4.98 Å². The van der Waals surface area contributed by atoms with E-state index >= 15 is 0 Å². The first-order valence-corrected chi connectivity index (χ1v) is 11.7. The summed E-state index contributed by atoms with van der Waals surface area (Å²) in [5, 5.41) is 6.64. The Hall–Kier alpha value is -2.16. The molecule has 0 radical (unpaired) electrons. The van der Waals surface area contributed by atoms with Gasteiger partial charge < -0.3 is 10.6 Å². The Morgan fingerprint density at radius 1 is 1.14 bits per heavy atom. The molecule has 29 heavy (non-hydrogen) atoms. The van der Waals surface area contributed by atoms with Crippen LogP contribution in [0.1, 0.15) is 23.2 Å². The van der Waals surface area contributed by atoms with Crippen LogP contribution >= 0.6 is 39.0 Å². The molecule has 8 heteroatoms. The molecule has 1 aromatic heterocycles. The maximum absolute atomic E-state index is 12.7.